The van der Waals surface area contributed by atoms with Gasteiger partial charge in [-0.25, -0.2) is 4.98 Å². The Bertz CT molecular complexity index is 666. The van der Waals surface area contributed by atoms with Crippen LogP contribution in [0.1, 0.15) is 33.6 Å². The maximum Gasteiger partial charge on any atom is 0.191 e. The minimum absolute atomic E-state index is 0. The van der Waals surface area contributed by atoms with Crippen LogP contribution in [0.25, 0.3) is 0 Å². The quantitative estimate of drug-likeness (QED) is 0.337. The first-order chi connectivity index (χ1) is 12.1. The highest BCUT2D eigenvalue weighted by Crippen LogP contribution is 2.16. The topological polar surface area (TPSA) is 58.5 Å². The summed E-state index contributed by atoms with van der Waals surface area (Å²) in [6, 6.07) is 8.46. The maximum atomic E-state index is 5.42. The number of aromatic nitrogens is 1. The second-order valence-corrected chi connectivity index (χ2v) is 7.09. The Kier molecular flexibility index (Phi) is 10.8. The lowest BCUT2D eigenvalue weighted by Gasteiger charge is -2.12. The van der Waals surface area contributed by atoms with Crippen molar-refractivity contribution in [3.05, 3.63) is 51.0 Å². The predicted molar refractivity (Wildman–Crippen MR) is 121 cm³/mol. The van der Waals surface area contributed by atoms with Crippen molar-refractivity contribution in [2.24, 2.45) is 4.99 Å². The van der Waals surface area contributed by atoms with Gasteiger partial charge in [-0.2, -0.15) is 0 Å². The summed E-state index contributed by atoms with van der Waals surface area (Å²) in [5.74, 6) is 0.809. The summed E-state index contributed by atoms with van der Waals surface area (Å²) in [6.07, 6.45) is 0.909. The van der Waals surface area contributed by atoms with Crippen molar-refractivity contribution in [3.63, 3.8) is 0 Å². The molecule has 26 heavy (non-hydrogen) atoms. The van der Waals surface area contributed by atoms with E-state index in [9.17, 15) is 0 Å². The van der Waals surface area contributed by atoms with Crippen molar-refractivity contribution in [3.8, 4) is 0 Å². The van der Waals surface area contributed by atoms with E-state index in [0.29, 0.717) is 6.61 Å². The summed E-state index contributed by atoms with van der Waals surface area (Å²) in [4.78, 5) is 10.1. The van der Waals surface area contributed by atoms with Gasteiger partial charge in [-0.05, 0) is 31.9 Å². The van der Waals surface area contributed by atoms with Crippen molar-refractivity contribution in [2.45, 2.75) is 40.3 Å². The minimum Gasteiger partial charge on any atom is -0.377 e. The van der Waals surface area contributed by atoms with E-state index in [1.165, 1.54) is 21.0 Å². The molecule has 0 radical (unpaired) electrons. The summed E-state index contributed by atoms with van der Waals surface area (Å²) < 4.78 is 5.42. The number of aryl methyl sites for hydroxylation is 2. The minimum atomic E-state index is 0. The molecule has 144 valence electrons. The second kappa shape index (κ2) is 12.2. The largest absolute Gasteiger partial charge is 0.377 e. The lowest BCUT2D eigenvalue weighted by Crippen LogP contribution is -2.37. The van der Waals surface area contributed by atoms with E-state index in [4.69, 9.17) is 4.74 Å². The molecule has 2 rings (SSSR count). The molecular weight excluding hydrogens is 459 g/mol. The standard InChI is InChI=1S/C19H28N4OS.HI/c1-5-24-13-17-8-6-16(7-9-17)12-22-19(20-4)21-11-10-18-23-14(2)15(3)25-18;/h6-9H,5,10-13H2,1-4H3,(H2,20,21,22);1H. The fourth-order valence-corrected chi connectivity index (χ4v) is 3.25. The normalized spacial score (nSPS) is 11.2. The summed E-state index contributed by atoms with van der Waals surface area (Å²) in [5, 5.41) is 7.85. The molecule has 2 aromatic rings. The van der Waals surface area contributed by atoms with Gasteiger partial charge in [0.25, 0.3) is 0 Å². The number of aliphatic imine (C=N–C) groups is 1. The van der Waals surface area contributed by atoms with Crippen LogP contribution in [0.5, 0.6) is 0 Å². The van der Waals surface area contributed by atoms with Crippen LogP contribution in [-0.4, -0.2) is 31.1 Å². The van der Waals surface area contributed by atoms with E-state index in [1.807, 2.05) is 6.92 Å². The highest BCUT2D eigenvalue weighted by atomic mass is 127. The summed E-state index contributed by atoms with van der Waals surface area (Å²) in [6.45, 7) is 9.15. The average Bonchev–Trinajstić information content (AvgIpc) is 2.94. The van der Waals surface area contributed by atoms with Crippen LogP contribution in [-0.2, 0) is 24.3 Å². The second-order valence-electron chi connectivity index (χ2n) is 5.81. The van der Waals surface area contributed by atoms with E-state index in [1.54, 1.807) is 18.4 Å². The molecule has 0 aliphatic carbocycles. The fraction of sp³-hybridized carbons (Fsp3) is 0.474. The van der Waals surface area contributed by atoms with E-state index in [2.05, 4.69) is 58.7 Å². The molecule has 0 amide bonds. The first kappa shape index (κ1) is 22.9. The molecule has 0 unspecified atom stereocenters. The third-order valence-corrected chi connectivity index (χ3v) is 5.02. The summed E-state index contributed by atoms with van der Waals surface area (Å²) in [7, 11) is 1.79. The van der Waals surface area contributed by atoms with Gasteiger partial charge in [0.15, 0.2) is 5.96 Å². The Labute approximate surface area is 177 Å². The number of nitrogens with one attached hydrogen (secondary N) is 2. The number of ether oxygens (including phenoxy) is 1. The van der Waals surface area contributed by atoms with Gasteiger partial charge >= 0.3 is 0 Å². The number of benzene rings is 1. The van der Waals surface area contributed by atoms with Crippen LogP contribution in [0.3, 0.4) is 0 Å². The average molecular weight is 488 g/mol. The van der Waals surface area contributed by atoms with Gasteiger partial charge in [-0.1, -0.05) is 24.3 Å². The number of guanidine groups is 1. The van der Waals surface area contributed by atoms with Gasteiger partial charge < -0.3 is 15.4 Å². The van der Waals surface area contributed by atoms with Crippen LogP contribution < -0.4 is 10.6 Å². The van der Waals surface area contributed by atoms with Gasteiger partial charge in [0.05, 0.1) is 17.3 Å². The zero-order chi connectivity index (χ0) is 18.1. The first-order valence-corrected chi connectivity index (χ1v) is 9.47. The number of nitrogens with zero attached hydrogens (tertiary/aromatic N) is 2. The number of thiazole rings is 1. The maximum absolute atomic E-state index is 5.42. The smallest absolute Gasteiger partial charge is 0.191 e. The lowest BCUT2D eigenvalue weighted by atomic mass is 10.1. The van der Waals surface area contributed by atoms with Gasteiger partial charge in [0.1, 0.15) is 0 Å². The van der Waals surface area contributed by atoms with Gasteiger partial charge in [-0.3, -0.25) is 4.99 Å². The van der Waals surface area contributed by atoms with E-state index in [-0.39, 0.29) is 24.0 Å². The molecule has 1 aromatic carbocycles. The zero-order valence-corrected chi connectivity index (χ0v) is 19.1. The highest BCUT2D eigenvalue weighted by molar-refractivity contribution is 14.0. The number of hydrogen-bond donors (Lipinski definition) is 2. The third kappa shape index (κ3) is 7.59. The molecule has 0 aliphatic heterocycles. The summed E-state index contributed by atoms with van der Waals surface area (Å²) in [5.41, 5.74) is 3.55. The van der Waals surface area contributed by atoms with E-state index >= 15 is 0 Å². The van der Waals surface area contributed by atoms with Crippen LogP contribution in [0.15, 0.2) is 29.3 Å². The predicted octanol–water partition coefficient (Wildman–Crippen LogP) is 3.82. The van der Waals surface area contributed by atoms with Crippen LogP contribution in [0.2, 0.25) is 0 Å². The fourth-order valence-electron chi connectivity index (χ4n) is 2.31. The molecule has 0 bridgehead atoms. The molecule has 5 nitrogen and oxygen atoms in total. The van der Waals surface area contributed by atoms with Crippen molar-refractivity contribution < 1.29 is 4.74 Å². The highest BCUT2D eigenvalue weighted by Gasteiger charge is 2.04. The van der Waals surface area contributed by atoms with Gasteiger partial charge in [0.2, 0.25) is 0 Å². The molecular formula is C19H29IN4OS. The Morgan fingerprint density at radius 2 is 1.85 bits per heavy atom. The monoisotopic (exact) mass is 488 g/mol. The molecule has 0 saturated carbocycles. The van der Waals surface area contributed by atoms with Crippen molar-refractivity contribution in [1.29, 1.82) is 0 Å². The van der Waals surface area contributed by atoms with Crippen molar-refractivity contribution in [1.82, 2.24) is 15.6 Å². The van der Waals surface area contributed by atoms with E-state index < -0.39 is 0 Å². The third-order valence-electron chi connectivity index (χ3n) is 3.88. The van der Waals surface area contributed by atoms with Gasteiger partial charge in [0, 0.05) is 38.0 Å². The Hall–Kier alpha value is -1.19. The van der Waals surface area contributed by atoms with Crippen molar-refractivity contribution >= 4 is 41.3 Å². The molecule has 2 N–H and O–H groups in total. The Morgan fingerprint density at radius 3 is 2.42 bits per heavy atom. The van der Waals surface area contributed by atoms with Crippen LogP contribution >= 0.6 is 35.3 Å². The molecule has 1 aromatic heterocycles. The van der Waals surface area contributed by atoms with Gasteiger partial charge in [-0.15, -0.1) is 35.3 Å². The number of hydrogen-bond acceptors (Lipinski definition) is 4. The molecule has 0 spiro atoms. The first-order valence-electron chi connectivity index (χ1n) is 8.65. The van der Waals surface area contributed by atoms with Crippen molar-refractivity contribution in [2.75, 3.05) is 20.2 Å². The van der Waals surface area contributed by atoms with Crippen LogP contribution in [0.4, 0.5) is 0 Å². The lowest BCUT2D eigenvalue weighted by molar-refractivity contribution is 0.134. The number of halogens is 1. The van der Waals surface area contributed by atoms with E-state index in [0.717, 1.165) is 37.8 Å². The molecule has 0 atom stereocenters. The molecule has 0 saturated heterocycles. The zero-order valence-electron chi connectivity index (χ0n) is 16.0. The molecule has 1 heterocycles. The Morgan fingerprint density at radius 1 is 1.15 bits per heavy atom. The number of rotatable bonds is 8. The molecule has 7 heteroatoms. The summed E-state index contributed by atoms with van der Waals surface area (Å²) >= 11 is 1.77. The Balaban J connectivity index is 0.00000338. The molecule has 0 aliphatic rings. The SMILES string of the molecule is CCOCc1ccc(CNC(=NC)NCCc2nc(C)c(C)s2)cc1.I. The van der Waals surface area contributed by atoms with Crippen LogP contribution in [0, 0.1) is 13.8 Å². The molecule has 0 fully saturated rings.